The minimum absolute atomic E-state index is 0.0373. The van der Waals surface area contributed by atoms with Crippen LogP contribution in [-0.4, -0.2) is 28.9 Å². The summed E-state index contributed by atoms with van der Waals surface area (Å²) in [4.78, 5) is 49.5. The summed E-state index contributed by atoms with van der Waals surface area (Å²) in [5.74, 6) is 2.71. The molecule has 0 radical (unpaired) electrons. The van der Waals surface area contributed by atoms with Crippen LogP contribution in [-0.2, 0) is 14.3 Å². The number of hydrogen-bond donors (Lipinski definition) is 1. The number of halogens is 2. The molecule has 9 nitrogen and oxygen atoms in total. The number of fused-ring (bicyclic) bond motifs is 5. The van der Waals surface area contributed by atoms with E-state index in [4.69, 9.17) is 32.7 Å². The van der Waals surface area contributed by atoms with Gasteiger partial charge in [-0.2, -0.15) is 0 Å². The summed E-state index contributed by atoms with van der Waals surface area (Å²) >= 11 is 12.3. The highest BCUT2D eigenvalue weighted by Crippen LogP contribution is 2.67. The van der Waals surface area contributed by atoms with Crippen LogP contribution < -0.4 is 10.1 Å². The van der Waals surface area contributed by atoms with Gasteiger partial charge in [0.1, 0.15) is 11.9 Å². The summed E-state index contributed by atoms with van der Waals surface area (Å²) in [6, 6.07) is 7.83. The lowest BCUT2D eigenvalue weighted by Gasteiger charge is -2.58. The highest BCUT2D eigenvalue weighted by molar-refractivity contribution is 6.34. The molecule has 4 aliphatic rings. The van der Waals surface area contributed by atoms with Crippen LogP contribution in [0.15, 0.2) is 48.0 Å². The largest absolute Gasteiger partial charge is 0.462 e. The number of nitrogens with zero attached hydrogens (tertiary/aromatic N) is 1. The van der Waals surface area contributed by atoms with E-state index in [0.29, 0.717) is 11.3 Å². The molecule has 1 amide bonds. The second-order valence-electron chi connectivity index (χ2n) is 17.6. The third kappa shape index (κ3) is 8.93. The number of non-ortho nitro benzene ring substituents is 1. The van der Waals surface area contributed by atoms with Crippen LogP contribution in [0.3, 0.4) is 0 Å². The first-order chi connectivity index (χ1) is 26.1. The maximum absolute atomic E-state index is 13.1. The molecule has 0 heterocycles. The fourth-order valence-corrected chi connectivity index (χ4v) is 11.4. The maximum Gasteiger partial charge on any atom is 0.311 e. The molecule has 4 aliphatic carbocycles. The number of nitro benzene ring substituents is 1. The molecule has 0 bridgehead atoms. The SMILES string of the molecule is CC(C)CCC[C@@H](C)[C@H]1CC[C@H]2[C@@H]3CC=C4C[C@@H](OC(=O)CCC(=O)Oc5ccc(Cl)cc5C(=O)Nc5ccc([N+](=O)[O-])cc5Cl)CC[C@]4(C)[C@H]3CC[C@]12C. The molecule has 3 saturated carbocycles. The van der Waals surface area contributed by atoms with Gasteiger partial charge in [-0.25, -0.2) is 0 Å². The van der Waals surface area contributed by atoms with Crippen molar-refractivity contribution in [3.8, 4) is 5.75 Å². The standard InChI is InChI=1S/C44H56Cl2N2O7/c1-26(2)7-6-8-27(3)34-13-14-35-32-12-9-28-23-31(19-21-43(28,4)36(32)20-22-44(34,35)5)54-40(49)17-18-41(50)55-39-16-10-29(45)24-33(39)42(51)47-38-15-11-30(48(52)53)25-37(38)46/h9-11,15-16,24-27,31-32,34-36H,6-8,12-14,17-23H2,1-5H3,(H,47,51)/t27-,31+,32+,34-,35+,36+,43+,44-/m1/s1. The molecule has 0 spiro atoms. The Kier molecular flexibility index (Phi) is 12.7. The van der Waals surface area contributed by atoms with Gasteiger partial charge in [0.25, 0.3) is 11.6 Å². The summed E-state index contributed by atoms with van der Waals surface area (Å²) in [6.45, 7) is 12.3. The molecule has 0 unspecified atom stereocenters. The van der Waals surface area contributed by atoms with Gasteiger partial charge in [0.15, 0.2) is 0 Å². The van der Waals surface area contributed by atoms with E-state index < -0.39 is 22.8 Å². The smallest absolute Gasteiger partial charge is 0.311 e. The van der Waals surface area contributed by atoms with Crippen molar-refractivity contribution < 1.29 is 28.8 Å². The normalized spacial score (nSPS) is 28.9. The summed E-state index contributed by atoms with van der Waals surface area (Å²) in [6.07, 6.45) is 15.0. The van der Waals surface area contributed by atoms with Crippen LogP contribution in [0, 0.1) is 56.5 Å². The van der Waals surface area contributed by atoms with Crippen LogP contribution in [0.25, 0.3) is 0 Å². The summed E-state index contributed by atoms with van der Waals surface area (Å²) in [5.41, 5.74) is 1.88. The van der Waals surface area contributed by atoms with Crippen molar-refractivity contribution in [3.63, 3.8) is 0 Å². The average molecular weight is 796 g/mol. The van der Waals surface area contributed by atoms with Crippen molar-refractivity contribution in [2.24, 2.45) is 46.3 Å². The Morgan fingerprint density at radius 3 is 2.44 bits per heavy atom. The van der Waals surface area contributed by atoms with E-state index in [1.807, 2.05) is 0 Å². The van der Waals surface area contributed by atoms with Gasteiger partial charge in [0.2, 0.25) is 0 Å². The molecule has 0 aliphatic heterocycles. The summed E-state index contributed by atoms with van der Waals surface area (Å²) < 4.78 is 11.4. The molecule has 2 aromatic rings. The van der Waals surface area contributed by atoms with Crippen molar-refractivity contribution in [3.05, 3.63) is 73.8 Å². The fourth-order valence-electron chi connectivity index (χ4n) is 11.1. The molecule has 0 saturated heterocycles. The van der Waals surface area contributed by atoms with Gasteiger partial charge in [0.05, 0.1) is 34.0 Å². The van der Waals surface area contributed by atoms with E-state index in [-0.39, 0.29) is 57.1 Å². The van der Waals surface area contributed by atoms with Gasteiger partial charge < -0.3 is 14.8 Å². The zero-order valence-corrected chi connectivity index (χ0v) is 34.3. The first-order valence-corrected chi connectivity index (χ1v) is 21.0. The van der Waals surface area contributed by atoms with E-state index in [9.17, 15) is 24.5 Å². The molecular weight excluding hydrogens is 739 g/mol. The van der Waals surface area contributed by atoms with Crippen molar-refractivity contribution in [1.29, 1.82) is 0 Å². The van der Waals surface area contributed by atoms with Crippen molar-refractivity contribution in [2.75, 3.05) is 5.32 Å². The van der Waals surface area contributed by atoms with Crippen LogP contribution in [0.4, 0.5) is 11.4 Å². The van der Waals surface area contributed by atoms with Gasteiger partial charge in [-0.05, 0) is 116 Å². The first-order valence-electron chi connectivity index (χ1n) is 20.2. The lowest BCUT2D eigenvalue weighted by Crippen LogP contribution is -2.51. The Bertz CT molecular complexity index is 1830. The Balaban J connectivity index is 1.01. The average Bonchev–Trinajstić information content (AvgIpc) is 3.49. The molecule has 0 aromatic heterocycles. The number of ether oxygens (including phenoxy) is 2. The predicted molar refractivity (Wildman–Crippen MR) is 215 cm³/mol. The van der Waals surface area contributed by atoms with Crippen molar-refractivity contribution in [1.82, 2.24) is 0 Å². The molecule has 8 atom stereocenters. The van der Waals surface area contributed by atoms with E-state index in [1.165, 1.54) is 80.9 Å². The highest BCUT2D eigenvalue weighted by Gasteiger charge is 2.59. The minimum Gasteiger partial charge on any atom is -0.462 e. The van der Waals surface area contributed by atoms with Crippen molar-refractivity contribution in [2.45, 2.75) is 124 Å². The maximum atomic E-state index is 13.1. The second kappa shape index (κ2) is 17.0. The number of carbonyl (C=O) groups excluding carboxylic acids is 3. The fraction of sp³-hybridized carbons (Fsp3) is 0.614. The number of carbonyl (C=O) groups is 3. The van der Waals surface area contributed by atoms with Gasteiger partial charge in [0, 0.05) is 23.6 Å². The zero-order valence-electron chi connectivity index (χ0n) is 32.8. The molecule has 55 heavy (non-hydrogen) atoms. The number of benzene rings is 2. The zero-order chi connectivity index (χ0) is 39.7. The van der Waals surface area contributed by atoms with E-state index >= 15 is 0 Å². The van der Waals surface area contributed by atoms with Crippen LogP contribution >= 0.6 is 23.2 Å². The van der Waals surface area contributed by atoms with Crippen LogP contribution in [0.5, 0.6) is 5.75 Å². The number of rotatable bonds is 13. The number of allylic oxidation sites excluding steroid dienone is 1. The topological polar surface area (TPSA) is 125 Å². The number of amides is 1. The summed E-state index contributed by atoms with van der Waals surface area (Å²) in [5, 5.41) is 13.8. The molecule has 2 aromatic carbocycles. The Hall–Kier alpha value is -3.43. The predicted octanol–water partition coefficient (Wildman–Crippen LogP) is 11.8. The monoisotopic (exact) mass is 794 g/mol. The van der Waals surface area contributed by atoms with Gasteiger partial charge >= 0.3 is 11.9 Å². The molecule has 11 heteroatoms. The van der Waals surface area contributed by atoms with Gasteiger partial charge in [-0.3, -0.25) is 24.5 Å². The van der Waals surface area contributed by atoms with E-state index in [2.05, 4.69) is 46.0 Å². The summed E-state index contributed by atoms with van der Waals surface area (Å²) in [7, 11) is 0. The lowest BCUT2D eigenvalue weighted by molar-refractivity contribution is -0.384. The number of esters is 2. The third-order valence-electron chi connectivity index (χ3n) is 13.9. The Morgan fingerprint density at radius 2 is 1.71 bits per heavy atom. The van der Waals surface area contributed by atoms with Crippen LogP contribution in [0.2, 0.25) is 10.0 Å². The highest BCUT2D eigenvalue weighted by atomic mass is 35.5. The third-order valence-corrected chi connectivity index (χ3v) is 14.5. The first kappa shape index (κ1) is 41.2. The second-order valence-corrected chi connectivity index (χ2v) is 18.5. The quantitative estimate of drug-likeness (QED) is 0.0703. The lowest BCUT2D eigenvalue weighted by atomic mass is 9.47. The number of anilines is 1. The minimum atomic E-state index is -0.706. The van der Waals surface area contributed by atoms with Crippen LogP contribution in [0.1, 0.15) is 128 Å². The van der Waals surface area contributed by atoms with Gasteiger partial charge in [-0.15, -0.1) is 0 Å². The van der Waals surface area contributed by atoms with E-state index in [0.717, 1.165) is 61.3 Å². The molecule has 6 rings (SSSR count). The molecule has 298 valence electrons. The molecule has 3 fully saturated rings. The number of hydrogen-bond acceptors (Lipinski definition) is 7. The Morgan fingerprint density at radius 1 is 0.945 bits per heavy atom. The number of nitro groups is 1. The van der Waals surface area contributed by atoms with E-state index in [1.54, 1.807) is 0 Å². The molecular formula is C44H56Cl2N2O7. The number of nitrogens with one attached hydrogen (secondary N) is 1. The van der Waals surface area contributed by atoms with Crippen molar-refractivity contribution >= 4 is 52.4 Å². The Labute approximate surface area is 335 Å². The van der Waals surface area contributed by atoms with Gasteiger partial charge in [-0.1, -0.05) is 88.7 Å². The molecule has 1 N–H and O–H groups in total.